The van der Waals surface area contributed by atoms with E-state index in [-0.39, 0.29) is 4.83 Å². The van der Waals surface area contributed by atoms with E-state index in [0.717, 1.165) is 11.3 Å². The Kier molecular flexibility index (Phi) is 4.84. The fourth-order valence-corrected chi connectivity index (χ4v) is 4.02. The number of thiophene rings is 1. The van der Waals surface area contributed by atoms with Crippen molar-refractivity contribution in [2.24, 2.45) is 0 Å². The molecule has 2 aromatic heterocycles. The van der Waals surface area contributed by atoms with Crippen molar-refractivity contribution in [1.82, 2.24) is 9.97 Å². The molecule has 0 saturated carbocycles. The van der Waals surface area contributed by atoms with E-state index >= 15 is 0 Å². The van der Waals surface area contributed by atoms with E-state index in [1.807, 2.05) is 6.07 Å². The number of hydrogen-bond acceptors (Lipinski definition) is 4. The van der Waals surface area contributed by atoms with Crippen molar-refractivity contribution in [3.05, 3.63) is 38.4 Å². The van der Waals surface area contributed by atoms with E-state index in [0.29, 0.717) is 21.0 Å². The summed E-state index contributed by atoms with van der Waals surface area (Å²) in [5, 5.41) is 0. The van der Waals surface area contributed by atoms with Crippen molar-refractivity contribution in [3.8, 4) is 5.88 Å². The van der Waals surface area contributed by atoms with Gasteiger partial charge in [-0.15, -0.1) is 11.3 Å². The fourth-order valence-electron chi connectivity index (χ4n) is 1.46. The molecule has 0 aliphatic heterocycles. The predicted molar refractivity (Wildman–Crippen MR) is 78.3 cm³/mol. The van der Waals surface area contributed by atoms with Crippen LogP contribution in [-0.2, 0) is 6.42 Å². The monoisotopic (exact) mass is 366 g/mol. The van der Waals surface area contributed by atoms with Crippen molar-refractivity contribution in [2.45, 2.75) is 11.2 Å². The van der Waals surface area contributed by atoms with Crippen molar-refractivity contribution in [3.63, 3.8) is 0 Å². The molecular weight excluding hydrogens is 359 g/mol. The molecule has 7 heteroatoms. The third-order valence-electron chi connectivity index (χ3n) is 2.32. The summed E-state index contributed by atoms with van der Waals surface area (Å²) in [5.41, 5.74) is 1.85. The van der Waals surface area contributed by atoms with Crippen LogP contribution < -0.4 is 4.74 Å². The lowest BCUT2D eigenvalue weighted by Gasteiger charge is -2.08. The molecule has 0 fully saturated rings. The lowest BCUT2D eigenvalue weighted by Crippen LogP contribution is -1.99. The first kappa shape index (κ1) is 14.1. The lowest BCUT2D eigenvalue weighted by molar-refractivity contribution is 0.396. The Morgan fingerprint density at radius 3 is 2.78 bits per heavy atom. The summed E-state index contributed by atoms with van der Waals surface area (Å²) < 4.78 is 6.44. The maximum absolute atomic E-state index is 6.11. The van der Waals surface area contributed by atoms with Gasteiger partial charge in [0.2, 0.25) is 5.88 Å². The molecule has 0 radical (unpaired) electrons. The van der Waals surface area contributed by atoms with Crippen LogP contribution in [0.4, 0.5) is 0 Å². The molecule has 2 heterocycles. The summed E-state index contributed by atoms with van der Waals surface area (Å²) in [6, 6.07) is 3.67. The SMILES string of the molecule is COc1cc(CC(Br)c2cc(Cl)sc2Cl)ncn1. The first-order valence-electron chi connectivity index (χ1n) is 5.04. The fraction of sp³-hybridized carbons (Fsp3) is 0.273. The summed E-state index contributed by atoms with van der Waals surface area (Å²) in [7, 11) is 1.58. The van der Waals surface area contributed by atoms with Gasteiger partial charge in [-0.2, -0.15) is 0 Å². The normalized spacial score (nSPS) is 12.4. The van der Waals surface area contributed by atoms with Crippen molar-refractivity contribution < 1.29 is 4.74 Å². The van der Waals surface area contributed by atoms with Crippen LogP contribution in [0.1, 0.15) is 16.1 Å². The van der Waals surface area contributed by atoms with Crippen LogP contribution in [0.15, 0.2) is 18.5 Å². The van der Waals surface area contributed by atoms with Gasteiger partial charge in [-0.05, 0) is 11.6 Å². The van der Waals surface area contributed by atoms with Crippen LogP contribution >= 0.6 is 50.5 Å². The molecule has 96 valence electrons. The highest BCUT2D eigenvalue weighted by molar-refractivity contribution is 9.09. The van der Waals surface area contributed by atoms with E-state index in [4.69, 9.17) is 27.9 Å². The molecule has 18 heavy (non-hydrogen) atoms. The quantitative estimate of drug-likeness (QED) is 0.744. The van der Waals surface area contributed by atoms with Gasteiger partial charge in [0.15, 0.2) is 0 Å². The van der Waals surface area contributed by atoms with E-state index in [9.17, 15) is 0 Å². The second kappa shape index (κ2) is 6.19. The highest BCUT2D eigenvalue weighted by atomic mass is 79.9. The zero-order valence-electron chi connectivity index (χ0n) is 9.36. The van der Waals surface area contributed by atoms with Crippen LogP contribution in [0, 0.1) is 0 Å². The number of aromatic nitrogens is 2. The van der Waals surface area contributed by atoms with Crippen molar-refractivity contribution in [2.75, 3.05) is 7.11 Å². The average molecular weight is 368 g/mol. The van der Waals surface area contributed by atoms with Crippen LogP contribution in [-0.4, -0.2) is 17.1 Å². The van der Waals surface area contributed by atoms with Gasteiger partial charge in [0, 0.05) is 23.0 Å². The minimum Gasteiger partial charge on any atom is -0.481 e. The summed E-state index contributed by atoms with van der Waals surface area (Å²) in [5.74, 6) is 0.550. The smallest absolute Gasteiger partial charge is 0.216 e. The predicted octanol–water partition coefficient (Wildman–Crippen LogP) is 4.53. The average Bonchev–Trinajstić information content (AvgIpc) is 2.69. The number of halogens is 3. The second-order valence-corrected chi connectivity index (χ2v) is 6.89. The minimum atomic E-state index is 0.0633. The van der Waals surface area contributed by atoms with Gasteiger partial charge in [-0.3, -0.25) is 0 Å². The Labute approximate surface area is 127 Å². The molecule has 2 rings (SSSR count). The number of alkyl halides is 1. The standard InChI is InChI=1S/C11H9BrCl2N2OS/c1-17-10-3-6(15-5-16-10)2-8(12)7-4-9(13)18-11(7)14/h3-5,8H,2H2,1H3. The van der Waals surface area contributed by atoms with E-state index in [1.54, 1.807) is 13.2 Å². The van der Waals surface area contributed by atoms with Crippen LogP contribution in [0.2, 0.25) is 8.67 Å². The third-order valence-corrected chi connectivity index (χ3v) is 4.65. The van der Waals surface area contributed by atoms with Gasteiger partial charge in [0.25, 0.3) is 0 Å². The largest absolute Gasteiger partial charge is 0.481 e. The van der Waals surface area contributed by atoms with Crippen LogP contribution in [0.5, 0.6) is 5.88 Å². The number of ether oxygens (including phenoxy) is 1. The van der Waals surface area contributed by atoms with Crippen molar-refractivity contribution in [1.29, 1.82) is 0 Å². The number of rotatable bonds is 4. The second-order valence-electron chi connectivity index (χ2n) is 3.50. The molecule has 0 saturated heterocycles. The van der Waals surface area contributed by atoms with Crippen LogP contribution in [0.3, 0.4) is 0 Å². The Morgan fingerprint density at radius 1 is 1.39 bits per heavy atom. The molecule has 0 aromatic carbocycles. The molecule has 0 aliphatic carbocycles. The molecule has 0 amide bonds. The van der Waals surface area contributed by atoms with E-state index < -0.39 is 0 Å². The first-order chi connectivity index (χ1) is 8.60. The van der Waals surface area contributed by atoms with Gasteiger partial charge in [-0.25, -0.2) is 9.97 Å². The highest BCUT2D eigenvalue weighted by Crippen LogP contribution is 2.39. The maximum atomic E-state index is 6.11. The first-order valence-corrected chi connectivity index (χ1v) is 7.52. The summed E-state index contributed by atoms with van der Waals surface area (Å²) >= 11 is 17.0. The van der Waals surface area contributed by atoms with Crippen LogP contribution in [0.25, 0.3) is 0 Å². The Hall–Kier alpha value is -0.360. The molecule has 0 bridgehead atoms. The minimum absolute atomic E-state index is 0.0633. The van der Waals surface area contributed by atoms with E-state index in [1.165, 1.54) is 17.7 Å². The lowest BCUT2D eigenvalue weighted by atomic mass is 10.1. The zero-order chi connectivity index (χ0) is 13.1. The zero-order valence-corrected chi connectivity index (χ0v) is 13.3. The number of hydrogen-bond donors (Lipinski definition) is 0. The third kappa shape index (κ3) is 3.35. The molecule has 3 nitrogen and oxygen atoms in total. The molecule has 0 spiro atoms. The Morgan fingerprint density at radius 2 is 2.17 bits per heavy atom. The van der Waals surface area contributed by atoms with Gasteiger partial charge in [0.1, 0.15) is 6.33 Å². The van der Waals surface area contributed by atoms with Gasteiger partial charge in [-0.1, -0.05) is 39.1 Å². The maximum Gasteiger partial charge on any atom is 0.216 e. The molecule has 2 aromatic rings. The van der Waals surface area contributed by atoms with E-state index in [2.05, 4.69) is 25.9 Å². The van der Waals surface area contributed by atoms with Gasteiger partial charge in [0.05, 0.1) is 15.8 Å². The molecule has 1 atom stereocenters. The summed E-state index contributed by atoms with van der Waals surface area (Å²) in [6.07, 6.45) is 2.17. The number of nitrogens with zero attached hydrogens (tertiary/aromatic N) is 2. The Balaban J connectivity index is 2.15. The summed E-state index contributed by atoms with van der Waals surface area (Å²) in [4.78, 5) is 8.22. The molecular formula is C11H9BrCl2N2OS. The topological polar surface area (TPSA) is 35.0 Å². The van der Waals surface area contributed by atoms with Crippen molar-refractivity contribution >= 4 is 50.5 Å². The number of methoxy groups -OCH3 is 1. The molecule has 0 aliphatic rings. The highest BCUT2D eigenvalue weighted by Gasteiger charge is 2.16. The Bertz CT molecular complexity index is 550. The van der Waals surface area contributed by atoms with Gasteiger partial charge < -0.3 is 4.74 Å². The summed E-state index contributed by atoms with van der Waals surface area (Å²) in [6.45, 7) is 0. The molecule has 0 N–H and O–H groups in total. The van der Waals surface area contributed by atoms with Gasteiger partial charge >= 0.3 is 0 Å². The molecule has 1 unspecified atom stereocenters.